The van der Waals surface area contributed by atoms with E-state index in [0.29, 0.717) is 28.6 Å². The van der Waals surface area contributed by atoms with Crippen LogP contribution in [0.3, 0.4) is 0 Å². The van der Waals surface area contributed by atoms with Gasteiger partial charge < -0.3 is 19.3 Å². The van der Waals surface area contributed by atoms with Crippen molar-refractivity contribution in [1.82, 2.24) is 15.5 Å². The average Bonchev–Trinajstić information content (AvgIpc) is 3.19. The highest BCUT2D eigenvalue weighted by molar-refractivity contribution is 6.33. The fraction of sp³-hybridized carbons (Fsp3) is 0.250. The van der Waals surface area contributed by atoms with Gasteiger partial charge in [-0.2, -0.15) is 4.98 Å². The maximum atomic E-state index is 12.4. The second-order valence-electron chi connectivity index (χ2n) is 5.90. The summed E-state index contributed by atoms with van der Waals surface area (Å²) in [6.45, 7) is 1.97. The minimum atomic E-state index is -0.639. The van der Waals surface area contributed by atoms with E-state index in [1.807, 2.05) is 19.1 Å². The van der Waals surface area contributed by atoms with Gasteiger partial charge in [-0.1, -0.05) is 35.8 Å². The van der Waals surface area contributed by atoms with Crippen molar-refractivity contribution < 1.29 is 18.8 Å². The van der Waals surface area contributed by atoms with Crippen molar-refractivity contribution in [2.75, 3.05) is 7.11 Å². The number of nitrogens with one attached hydrogen (secondary N) is 1. The largest absolute Gasteiger partial charge is 0.497 e. The first-order chi connectivity index (χ1) is 13.6. The van der Waals surface area contributed by atoms with E-state index in [1.165, 1.54) is 0 Å². The Morgan fingerprint density at radius 3 is 2.57 bits per heavy atom. The van der Waals surface area contributed by atoms with Crippen LogP contribution in [0.2, 0.25) is 5.02 Å². The van der Waals surface area contributed by atoms with Crippen molar-refractivity contribution in [3.63, 3.8) is 0 Å². The maximum absolute atomic E-state index is 12.4. The first-order valence-electron chi connectivity index (χ1n) is 8.76. The molecule has 0 aliphatic rings. The van der Waals surface area contributed by atoms with E-state index in [0.717, 1.165) is 5.75 Å². The third-order valence-electron chi connectivity index (χ3n) is 4.00. The van der Waals surface area contributed by atoms with Crippen LogP contribution in [0.25, 0.3) is 11.4 Å². The summed E-state index contributed by atoms with van der Waals surface area (Å²) in [5, 5.41) is 7.19. The summed E-state index contributed by atoms with van der Waals surface area (Å²) in [5.41, 5.74) is 0.666. The van der Waals surface area contributed by atoms with Crippen LogP contribution < -0.4 is 14.8 Å². The Morgan fingerprint density at radius 1 is 1.18 bits per heavy atom. The number of rotatable bonds is 8. The second-order valence-corrected chi connectivity index (χ2v) is 6.31. The maximum Gasteiger partial charge on any atom is 0.261 e. The molecule has 8 heteroatoms. The number of amides is 1. The highest BCUT2D eigenvalue weighted by atomic mass is 35.5. The van der Waals surface area contributed by atoms with Crippen LogP contribution in [0, 0.1) is 0 Å². The lowest BCUT2D eigenvalue weighted by Gasteiger charge is -2.16. The molecule has 0 fully saturated rings. The van der Waals surface area contributed by atoms with Gasteiger partial charge in [0.2, 0.25) is 11.7 Å². The van der Waals surface area contributed by atoms with Crippen molar-refractivity contribution in [2.45, 2.75) is 26.0 Å². The number of halogens is 1. The van der Waals surface area contributed by atoms with E-state index in [9.17, 15) is 4.79 Å². The summed E-state index contributed by atoms with van der Waals surface area (Å²) in [5.74, 6) is 1.69. The molecule has 1 atom stereocenters. The molecule has 0 bridgehead atoms. The Morgan fingerprint density at radius 2 is 1.89 bits per heavy atom. The lowest BCUT2D eigenvalue weighted by Crippen LogP contribution is -2.37. The number of hydrogen-bond donors (Lipinski definition) is 1. The average molecular weight is 402 g/mol. The molecule has 3 rings (SSSR count). The monoisotopic (exact) mass is 401 g/mol. The molecule has 0 saturated heterocycles. The second kappa shape index (κ2) is 9.23. The number of benzene rings is 2. The van der Waals surface area contributed by atoms with Crippen molar-refractivity contribution in [3.8, 4) is 22.9 Å². The molecule has 1 heterocycles. The van der Waals surface area contributed by atoms with Gasteiger partial charge in [-0.05, 0) is 42.8 Å². The fourth-order valence-electron chi connectivity index (χ4n) is 2.50. The number of aromatic nitrogens is 2. The third kappa shape index (κ3) is 4.80. The Hall–Kier alpha value is -3.06. The first kappa shape index (κ1) is 19.7. The normalized spacial score (nSPS) is 11.7. The first-order valence-corrected chi connectivity index (χ1v) is 9.14. The van der Waals surface area contributed by atoms with Gasteiger partial charge in [-0.25, -0.2) is 0 Å². The molecular weight excluding hydrogens is 382 g/mol. The molecule has 0 saturated carbocycles. The van der Waals surface area contributed by atoms with Crippen LogP contribution in [-0.4, -0.2) is 29.3 Å². The molecule has 0 spiro atoms. The van der Waals surface area contributed by atoms with Crippen LogP contribution in [0.1, 0.15) is 19.2 Å². The number of ether oxygens (including phenoxy) is 2. The summed E-state index contributed by atoms with van der Waals surface area (Å²) >= 11 is 6.14. The molecule has 0 radical (unpaired) electrons. The van der Waals surface area contributed by atoms with E-state index in [1.54, 1.807) is 43.5 Å². The number of hydrogen-bond acceptors (Lipinski definition) is 6. The van der Waals surface area contributed by atoms with E-state index < -0.39 is 6.10 Å². The smallest absolute Gasteiger partial charge is 0.261 e. The van der Waals surface area contributed by atoms with E-state index in [2.05, 4.69) is 15.5 Å². The summed E-state index contributed by atoms with van der Waals surface area (Å²) < 4.78 is 16.1. The molecule has 0 aliphatic carbocycles. The Bertz CT molecular complexity index is 927. The van der Waals surface area contributed by atoms with Gasteiger partial charge >= 0.3 is 0 Å². The molecule has 146 valence electrons. The lowest BCUT2D eigenvalue weighted by molar-refractivity contribution is -0.128. The van der Waals surface area contributed by atoms with Crippen molar-refractivity contribution >= 4 is 17.5 Å². The summed E-state index contributed by atoms with van der Waals surface area (Å²) in [7, 11) is 1.59. The van der Waals surface area contributed by atoms with Gasteiger partial charge in [0.1, 0.15) is 11.5 Å². The van der Waals surface area contributed by atoms with E-state index in [-0.39, 0.29) is 18.3 Å². The predicted octanol–water partition coefficient (Wildman–Crippen LogP) is 3.87. The molecule has 1 amide bonds. The lowest BCUT2D eigenvalue weighted by atomic mass is 10.2. The van der Waals surface area contributed by atoms with E-state index >= 15 is 0 Å². The van der Waals surface area contributed by atoms with Crippen molar-refractivity contribution in [2.24, 2.45) is 0 Å². The van der Waals surface area contributed by atoms with Gasteiger partial charge in [0.15, 0.2) is 6.10 Å². The standard InChI is InChI=1S/C20H20ClN3O4/c1-3-17(27-14-10-8-13(26-2)9-11-14)20(25)22-12-18-23-19(24-28-18)15-6-4-5-7-16(15)21/h4-11,17H,3,12H2,1-2H3,(H,22,25)/t17-/m0/s1. The minimum absolute atomic E-state index is 0.0960. The van der Waals surface area contributed by atoms with E-state index in [4.69, 9.17) is 25.6 Å². The van der Waals surface area contributed by atoms with Gasteiger partial charge in [-0.3, -0.25) is 4.79 Å². The molecule has 7 nitrogen and oxygen atoms in total. The Labute approximate surface area is 167 Å². The zero-order valence-electron chi connectivity index (χ0n) is 15.5. The topological polar surface area (TPSA) is 86.5 Å². The Kier molecular flexibility index (Phi) is 6.49. The number of methoxy groups -OCH3 is 1. The minimum Gasteiger partial charge on any atom is -0.497 e. The van der Waals surface area contributed by atoms with Gasteiger partial charge in [0, 0.05) is 5.56 Å². The molecule has 1 aromatic heterocycles. The summed E-state index contributed by atoms with van der Waals surface area (Å²) in [6.07, 6.45) is -0.133. The number of carbonyl (C=O) groups excluding carboxylic acids is 1. The van der Waals surface area contributed by atoms with Crippen LogP contribution >= 0.6 is 11.6 Å². The zero-order valence-corrected chi connectivity index (χ0v) is 16.3. The molecule has 3 aromatic rings. The van der Waals surface area contributed by atoms with Crippen LogP contribution in [0.15, 0.2) is 53.1 Å². The van der Waals surface area contributed by atoms with Crippen LogP contribution in [0.4, 0.5) is 0 Å². The highest BCUT2D eigenvalue weighted by Crippen LogP contribution is 2.24. The number of carbonyl (C=O) groups is 1. The van der Waals surface area contributed by atoms with Gasteiger partial charge in [0.05, 0.1) is 18.7 Å². The molecular formula is C20H20ClN3O4. The fourth-order valence-corrected chi connectivity index (χ4v) is 2.72. The third-order valence-corrected chi connectivity index (χ3v) is 4.33. The summed E-state index contributed by atoms with van der Waals surface area (Å²) in [6, 6.07) is 14.2. The number of nitrogens with zero attached hydrogens (tertiary/aromatic N) is 2. The Balaban J connectivity index is 1.58. The summed E-state index contributed by atoms with van der Waals surface area (Å²) in [4.78, 5) is 16.7. The molecule has 28 heavy (non-hydrogen) atoms. The molecule has 2 aromatic carbocycles. The molecule has 1 N–H and O–H groups in total. The molecule has 0 unspecified atom stereocenters. The van der Waals surface area contributed by atoms with Crippen LogP contribution in [-0.2, 0) is 11.3 Å². The van der Waals surface area contributed by atoms with Gasteiger partial charge in [-0.15, -0.1) is 0 Å². The predicted molar refractivity (Wildman–Crippen MR) is 104 cm³/mol. The quantitative estimate of drug-likeness (QED) is 0.616. The molecule has 0 aliphatic heterocycles. The zero-order chi connectivity index (χ0) is 19.9. The highest BCUT2D eigenvalue weighted by Gasteiger charge is 2.19. The van der Waals surface area contributed by atoms with Crippen molar-refractivity contribution in [3.05, 3.63) is 59.4 Å². The van der Waals surface area contributed by atoms with Gasteiger partial charge in [0.25, 0.3) is 5.91 Å². The van der Waals surface area contributed by atoms with Crippen LogP contribution in [0.5, 0.6) is 11.5 Å². The van der Waals surface area contributed by atoms with Crippen molar-refractivity contribution in [1.29, 1.82) is 0 Å². The SMILES string of the molecule is CC[C@H](Oc1ccc(OC)cc1)C(=O)NCc1nc(-c2ccccc2Cl)no1.